The molecule has 0 atom stereocenters. The van der Waals surface area contributed by atoms with E-state index in [9.17, 15) is 21.6 Å². The fraction of sp³-hybridized carbons (Fsp3) is 0.667. The second-order valence-corrected chi connectivity index (χ2v) is 8.17. The molecule has 0 amide bonds. The number of morpholine rings is 1. The number of halogens is 3. The van der Waals surface area contributed by atoms with Crippen molar-refractivity contribution in [1.82, 2.24) is 13.6 Å². The van der Waals surface area contributed by atoms with Gasteiger partial charge in [0, 0.05) is 32.2 Å². The lowest BCUT2D eigenvalue weighted by Gasteiger charge is -2.36. The number of hydrogen-bond acceptors (Lipinski definition) is 5. The average molecular weight is 394 g/mol. The molecule has 0 unspecified atom stereocenters. The van der Waals surface area contributed by atoms with Crippen LogP contribution in [0, 0.1) is 0 Å². The SMILES string of the molecule is O=S(=O)(N1CCOCC1)N1CCC(Nc2cccc(C(F)(F)F)n2)CC1. The third kappa shape index (κ3) is 4.45. The van der Waals surface area contributed by atoms with Crippen molar-refractivity contribution >= 4 is 16.0 Å². The van der Waals surface area contributed by atoms with Crippen LogP contribution < -0.4 is 5.32 Å². The van der Waals surface area contributed by atoms with Gasteiger partial charge in [-0.3, -0.25) is 0 Å². The second-order valence-electron chi connectivity index (χ2n) is 6.24. The van der Waals surface area contributed by atoms with Crippen molar-refractivity contribution in [1.29, 1.82) is 0 Å². The highest BCUT2D eigenvalue weighted by atomic mass is 32.2. The summed E-state index contributed by atoms with van der Waals surface area (Å²) < 4.78 is 71.4. The van der Waals surface area contributed by atoms with Crippen molar-refractivity contribution in [2.45, 2.75) is 25.1 Å². The third-order valence-electron chi connectivity index (χ3n) is 4.47. The highest BCUT2D eigenvalue weighted by molar-refractivity contribution is 7.86. The minimum Gasteiger partial charge on any atom is -0.379 e. The molecule has 2 saturated heterocycles. The number of hydrogen-bond donors (Lipinski definition) is 1. The van der Waals surface area contributed by atoms with Gasteiger partial charge in [-0.2, -0.15) is 30.2 Å². The lowest BCUT2D eigenvalue weighted by molar-refractivity contribution is -0.141. The van der Waals surface area contributed by atoms with Crippen molar-refractivity contribution in [3.63, 3.8) is 0 Å². The molecule has 26 heavy (non-hydrogen) atoms. The van der Waals surface area contributed by atoms with E-state index in [1.165, 1.54) is 20.7 Å². The van der Waals surface area contributed by atoms with Crippen LogP contribution in [0.15, 0.2) is 18.2 Å². The lowest BCUT2D eigenvalue weighted by atomic mass is 10.1. The van der Waals surface area contributed by atoms with Crippen LogP contribution in [0.5, 0.6) is 0 Å². The third-order valence-corrected chi connectivity index (χ3v) is 6.50. The first-order chi connectivity index (χ1) is 12.3. The molecule has 0 aliphatic carbocycles. The summed E-state index contributed by atoms with van der Waals surface area (Å²) in [7, 11) is -3.51. The highest BCUT2D eigenvalue weighted by Crippen LogP contribution is 2.28. The molecule has 0 saturated carbocycles. The van der Waals surface area contributed by atoms with Crippen LogP contribution in [-0.4, -0.2) is 67.4 Å². The summed E-state index contributed by atoms with van der Waals surface area (Å²) in [6.07, 6.45) is -3.49. The van der Waals surface area contributed by atoms with Crippen LogP contribution in [0.2, 0.25) is 0 Å². The van der Waals surface area contributed by atoms with Gasteiger partial charge in [0.05, 0.1) is 13.2 Å². The minimum atomic E-state index is -4.49. The van der Waals surface area contributed by atoms with Crippen molar-refractivity contribution in [2.24, 2.45) is 0 Å². The highest BCUT2D eigenvalue weighted by Gasteiger charge is 2.35. The predicted octanol–water partition coefficient (Wildman–Crippen LogP) is 1.55. The van der Waals surface area contributed by atoms with Gasteiger partial charge in [-0.25, -0.2) is 4.98 Å². The summed E-state index contributed by atoms with van der Waals surface area (Å²) in [6.45, 7) is 2.09. The number of nitrogens with one attached hydrogen (secondary N) is 1. The van der Waals surface area contributed by atoms with Gasteiger partial charge in [0.2, 0.25) is 0 Å². The van der Waals surface area contributed by atoms with Crippen LogP contribution in [0.25, 0.3) is 0 Å². The molecule has 1 aromatic rings. The number of alkyl halides is 3. The summed E-state index contributed by atoms with van der Waals surface area (Å²) >= 11 is 0. The fourth-order valence-corrected chi connectivity index (χ4v) is 4.66. The molecule has 11 heteroatoms. The van der Waals surface area contributed by atoms with Crippen LogP contribution in [-0.2, 0) is 21.1 Å². The van der Waals surface area contributed by atoms with Gasteiger partial charge in [0.15, 0.2) is 0 Å². The summed E-state index contributed by atoms with van der Waals surface area (Å²) in [5, 5.41) is 2.98. The molecule has 3 rings (SSSR count). The Balaban J connectivity index is 1.57. The molecule has 0 spiro atoms. The van der Waals surface area contributed by atoms with Gasteiger partial charge in [-0.1, -0.05) is 6.07 Å². The number of pyridine rings is 1. The standard InChI is InChI=1S/C15H21F3N4O3S/c16-15(17,18)13-2-1-3-14(20-13)19-12-4-6-21(7-5-12)26(23,24)22-8-10-25-11-9-22/h1-3,12H,4-11H2,(H,19,20). The quantitative estimate of drug-likeness (QED) is 0.839. The maximum atomic E-state index is 12.7. The van der Waals surface area contributed by atoms with Gasteiger partial charge in [-0.15, -0.1) is 0 Å². The van der Waals surface area contributed by atoms with E-state index in [0.717, 1.165) is 6.07 Å². The van der Waals surface area contributed by atoms with Crippen molar-refractivity contribution in [3.05, 3.63) is 23.9 Å². The van der Waals surface area contributed by atoms with E-state index < -0.39 is 22.1 Å². The Morgan fingerprint density at radius 2 is 1.69 bits per heavy atom. The molecule has 1 aromatic heterocycles. The zero-order valence-corrected chi connectivity index (χ0v) is 14.9. The molecular weight excluding hydrogens is 373 g/mol. The average Bonchev–Trinajstić information content (AvgIpc) is 2.62. The fourth-order valence-electron chi connectivity index (χ4n) is 3.05. The largest absolute Gasteiger partial charge is 0.433 e. The molecule has 146 valence electrons. The molecule has 1 N–H and O–H groups in total. The topological polar surface area (TPSA) is 74.8 Å². The molecule has 7 nitrogen and oxygen atoms in total. The smallest absolute Gasteiger partial charge is 0.379 e. The van der Waals surface area contributed by atoms with Crippen molar-refractivity contribution in [3.8, 4) is 0 Å². The Morgan fingerprint density at radius 1 is 1.08 bits per heavy atom. The van der Waals surface area contributed by atoms with Gasteiger partial charge < -0.3 is 10.1 Å². The monoisotopic (exact) mass is 394 g/mol. The molecule has 2 fully saturated rings. The molecule has 3 heterocycles. The van der Waals surface area contributed by atoms with E-state index in [4.69, 9.17) is 4.74 Å². The van der Waals surface area contributed by atoms with Crippen molar-refractivity contribution < 1.29 is 26.3 Å². The van der Waals surface area contributed by atoms with Gasteiger partial charge in [0.1, 0.15) is 11.5 Å². The first-order valence-corrected chi connectivity index (χ1v) is 9.80. The van der Waals surface area contributed by atoms with Crippen LogP contribution in [0.3, 0.4) is 0 Å². The first kappa shape index (κ1) is 19.3. The summed E-state index contributed by atoms with van der Waals surface area (Å²) in [6, 6.07) is 3.58. The Bertz CT molecular complexity index is 715. The van der Waals surface area contributed by atoms with Gasteiger partial charge >= 0.3 is 6.18 Å². The molecule has 0 bridgehead atoms. The number of ether oxygens (including phenoxy) is 1. The van der Waals surface area contributed by atoms with Crippen LogP contribution >= 0.6 is 0 Å². The Kier molecular flexibility index (Phi) is 5.70. The zero-order chi connectivity index (χ0) is 18.8. The van der Waals surface area contributed by atoms with E-state index in [2.05, 4.69) is 10.3 Å². The normalized spacial score (nSPS) is 21.7. The Labute approximate surface area is 150 Å². The number of anilines is 1. The second kappa shape index (κ2) is 7.67. The first-order valence-electron chi connectivity index (χ1n) is 8.40. The van der Waals surface area contributed by atoms with E-state index in [0.29, 0.717) is 52.2 Å². The maximum Gasteiger partial charge on any atom is 0.433 e. The van der Waals surface area contributed by atoms with Crippen LogP contribution in [0.4, 0.5) is 19.0 Å². The molecule has 0 aromatic carbocycles. The number of nitrogens with zero attached hydrogens (tertiary/aromatic N) is 3. The minimum absolute atomic E-state index is 0.123. The summed E-state index contributed by atoms with van der Waals surface area (Å²) in [5.41, 5.74) is -0.949. The van der Waals surface area contributed by atoms with Crippen LogP contribution in [0.1, 0.15) is 18.5 Å². The summed E-state index contributed by atoms with van der Waals surface area (Å²) in [4.78, 5) is 3.59. The summed E-state index contributed by atoms with van der Waals surface area (Å²) in [5.74, 6) is 0.148. The number of aromatic nitrogens is 1. The van der Waals surface area contributed by atoms with E-state index in [-0.39, 0.29) is 11.9 Å². The number of rotatable bonds is 4. The Morgan fingerprint density at radius 3 is 2.31 bits per heavy atom. The zero-order valence-electron chi connectivity index (χ0n) is 14.1. The molecule has 2 aliphatic rings. The molecular formula is C15H21F3N4O3S. The van der Waals surface area contributed by atoms with E-state index in [1.807, 2.05) is 0 Å². The Hall–Kier alpha value is -1.43. The predicted molar refractivity (Wildman–Crippen MR) is 88.8 cm³/mol. The maximum absolute atomic E-state index is 12.7. The van der Waals surface area contributed by atoms with Crippen molar-refractivity contribution in [2.75, 3.05) is 44.7 Å². The molecule has 0 radical (unpaired) electrons. The van der Waals surface area contributed by atoms with E-state index in [1.54, 1.807) is 0 Å². The lowest BCUT2D eigenvalue weighted by Crippen LogP contribution is -2.51. The van der Waals surface area contributed by atoms with E-state index >= 15 is 0 Å². The van der Waals surface area contributed by atoms with Gasteiger partial charge in [0.25, 0.3) is 10.2 Å². The molecule has 2 aliphatic heterocycles. The van der Waals surface area contributed by atoms with Gasteiger partial charge in [-0.05, 0) is 25.0 Å². The number of piperidine rings is 1.